The van der Waals surface area contributed by atoms with E-state index < -0.39 is 10.9 Å². The van der Waals surface area contributed by atoms with Crippen molar-refractivity contribution in [3.05, 3.63) is 69.0 Å². The Morgan fingerprint density at radius 1 is 1.25 bits per heavy atom. The van der Waals surface area contributed by atoms with Gasteiger partial charge in [-0.1, -0.05) is 37.3 Å². The van der Waals surface area contributed by atoms with Gasteiger partial charge in [-0.15, -0.1) is 0 Å². The molecule has 0 radical (unpaired) electrons. The summed E-state index contributed by atoms with van der Waals surface area (Å²) in [5.41, 5.74) is 2.34. The maximum Gasteiger partial charge on any atom is 0.340 e. The van der Waals surface area contributed by atoms with E-state index in [0.717, 1.165) is 18.2 Å². The summed E-state index contributed by atoms with van der Waals surface area (Å²) in [5.74, 6) is -0.630. The van der Waals surface area contributed by atoms with E-state index >= 15 is 0 Å². The summed E-state index contributed by atoms with van der Waals surface area (Å²) >= 11 is 0. The molecule has 0 amide bonds. The fraction of sp³-hybridized carbons (Fsp3) is 0.222. The second kappa shape index (κ2) is 8.01. The van der Waals surface area contributed by atoms with Crippen molar-refractivity contribution in [2.24, 2.45) is 0 Å². The van der Waals surface area contributed by atoms with Crippen molar-refractivity contribution >= 4 is 23.8 Å². The van der Waals surface area contributed by atoms with Crippen LogP contribution >= 0.6 is 0 Å². The molecule has 2 rings (SSSR count). The molecule has 0 aliphatic heterocycles. The lowest BCUT2D eigenvalue weighted by Crippen LogP contribution is -2.08. The smallest absolute Gasteiger partial charge is 0.340 e. The number of esters is 1. The lowest BCUT2D eigenvalue weighted by atomic mass is 10.1. The molecule has 0 N–H and O–H groups in total. The van der Waals surface area contributed by atoms with Crippen LogP contribution in [0.3, 0.4) is 0 Å². The molecule has 0 bridgehead atoms. The van der Waals surface area contributed by atoms with Gasteiger partial charge in [0.15, 0.2) is 0 Å². The van der Waals surface area contributed by atoms with Crippen LogP contribution in [0.5, 0.6) is 0 Å². The topological polar surface area (TPSA) is 82.3 Å². The fourth-order valence-electron chi connectivity index (χ4n) is 2.11. The van der Waals surface area contributed by atoms with E-state index in [4.69, 9.17) is 4.74 Å². The zero-order chi connectivity index (χ0) is 17.5. The highest BCUT2D eigenvalue weighted by molar-refractivity contribution is 5.94. The SMILES string of the molecule is CCOC(=O)c1cc([N+](=O)[O-])cnc1/C=C/c1ccc(CC)cc1. The molecule has 0 saturated heterocycles. The molecular weight excluding hydrogens is 308 g/mol. The van der Waals surface area contributed by atoms with E-state index in [9.17, 15) is 14.9 Å². The van der Waals surface area contributed by atoms with Gasteiger partial charge in [0.2, 0.25) is 0 Å². The van der Waals surface area contributed by atoms with Crippen molar-refractivity contribution in [1.82, 2.24) is 4.98 Å². The number of nitro groups is 1. The van der Waals surface area contributed by atoms with Crippen LogP contribution in [-0.4, -0.2) is 22.5 Å². The molecule has 6 heteroatoms. The monoisotopic (exact) mass is 326 g/mol. The molecule has 0 spiro atoms. The minimum absolute atomic E-state index is 0.0764. The van der Waals surface area contributed by atoms with Gasteiger partial charge in [0.25, 0.3) is 5.69 Å². The van der Waals surface area contributed by atoms with Crippen LogP contribution < -0.4 is 0 Å². The highest BCUT2D eigenvalue weighted by Gasteiger charge is 2.17. The number of benzene rings is 1. The van der Waals surface area contributed by atoms with E-state index in [1.54, 1.807) is 19.1 Å². The summed E-state index contributed by atoms with van der Waals surface area (Å²) in [5, 5.41) is 10.9. The van der Waals surface area contributed by atoms with Gasteiger partial charge in [-0.3, -0.25) is 10.1 Å². The highest BCUT2D eigenvalue weighted by Crippen LogP contribution is 2.19. The summed E-state index contributed by atoms with van der Waals surface area (Å²) in [6.45, 7) is 3.94. The van der Waals surface area contributed by atoms with Crippen LogP contribution in [0.15, 0.2) is 36.5 Å². The zero-order valence-corrected chi connectivity index (χ0v) is 13.6. The van der Waals surface area contributed by atoms with E-state index in [2.05, 4.69) is 11.9 Å². The van der Waals surface area contributed by atoms with Gasteiger partial charge < -0.3 is 4.74 Å². The average molecular weight is 326 g/mol. The minimum Gasteiger partial charge on any atom is -0.462 e. The number of rotatable bonds is 6. The van der Waals surface area contributed by atoms with Gasteiger partial charge >= 0.3 is 5.97 Å². The first-order chi connectivity index (χ1) is 11.5. The Labute approximate surface area is 140 Å². The van der Waals surface area contributed by atoms with E-state index in [1.807, 2.05) is 24.3 Å². The number of carbonyl (C=O) groups is 1. The second-order valence-corrected chi connectivity index (χ2v) is 5.03. The van der Waals surface area contributed by atoms with Crippen molar-refractivity contribution in [2.75, 3.05) is 6.61 Å². The van der Waals surface area contributed by atoms with Gasteiger partial charge in [0, 0.05) is 6.07 Å². The van der Waals surface area contributed by atoms with E-state index in [1.165, 1.54) is 11.6 Å². The van der Waals surface area contributed by atoms with Gasteiger partial charge in [0.05, 0.1) is 22.8 Å². The molecule has 1 aromatic heterocycles. The number of hydrogen-bond acceptors (Lipinski definition) is 5. The first-order valence-electron chi connectivity index (χ1n) is 7.63. The molecule has 0 aliphatic carbocycles. The zero-order valence-electron chi connectivity index (χ0n) is 13.6. The summed E-state index contributed by atoms with van der Waals surface area (Å²) < 4.78 is 4.95. The number of hydrogen-bond donors (Lipinski definition) is 0. The van der Waals surface area contributed by atoms with Gasteiger partial charge in [0.1, 0.15) is 6.20 Å². The predicted molar refractivity (Wildman–Crippen MR) is 91.6 cm³/mol. The Bertz CT molecular complexity index is 767. The van der Waals surface area contributed by atoms with Crippen molar-refractivity contribution < 1.29 is 14.5 Å². The number of aromatic nitrogens is 1. The molecule has 1 aromatic carbocycles. The van der Waals surface area contributed by atoms with Crippen LogP contribution in [0.4, 0.5) is 5.69 Å². The molecule has 2 aromatic rings. The van der Waals surface area contributed by atoms with Gasteiger partial charge in [-0.2, -0.15) is 0 Å². The molecular formula is C18H18N2O4. The highest BCUT2D eigenvalue weighted by atomic mass is 16.6. The third-order valence-corrected chi connectivity index (χ3v) is 3.43. The van der Waals surface area contributed by atoms with Gasteiger partial charge in [-0.05, 0) is 30.5 Å². The maximum atomic E-state index is 12.0. The van der Waals surface area contributed by atoms with Crippen molar-refractivity contribution in [1.29, 1.82) is 0 Å². The fourth-order valence-corrected chi connectivity index (χ4v) is 2.11. The van der Waals surface area contributed by atoms with Crippen LogP contribution in [0, 0.1) is 10.1 Å². The largest absolute Gasteiger partial charge is 0.462 e. The lowest BCUT2D eigenvalue weighted by Gasteiger charge is -2.05. The Hall–Kier alpha value is -3.02. The molecule has 0 aliphatic rings. The molecule has 0 atom stereocenters. The first kappa shape index (κ1) is 17.3. The lowest BCUT2D eigenvalue weighted by molar-refractivity contribution is -0.385. The van der Waals surface area contributed by atoms with Crippen LogP contribution in [0.25, 0.3) is 12.2 Å². The molecule has 0 saturated carbocycles. The number of nitrogens with zero attached hydrogens (tertiary/aromatic N) is 2. The van der Waals surface area contributed by atoms with Gasteiger partial charge in [-0.25, -0.2) is 9.78 Å². The third-order valence-electron chi connectivity index (χ3n) is 3.43. The maximum absolute atomic E-state index is 12.0. The molecule has 24 heavy (non-hydrogen) atoms. The number of pyridine rings is 1. The Kier molecular flexibility index (Phi) is 5.78. The van der Waals surface area contributed by atoms with Crippen molar-refractivity contribution in [3.63, 3.8) is 0 Å². The van der Waals surface area contributed by atoms with Crippen LogP contribution in [-0.2, 0) is 11.2 Å². The number of carbonyl (C=O) groups excluding carboxylic acids is 1. The van der Waals surface area contributed by atoms with E-state index in [-0.39, 0.29) is 17.9 Å². The van der Waals surface area contributed by atoms with Crippen LogP contribution in [0.1, 0.15) is 41.0 Å². The molecule has 0 unspecified atom stereocenters. The summed E-state index contributed by atoms with van der Waals surface area (Å²) in [6.07, 6.45) is 5.54. The Morgan fingerprint density at radius 2 is 1.96 bits per heavy atom. The Morgan fingerprint density at radius 3 is 2.54 bits per heavy atom. The number of ether oxygens (including phenoxy) is 1. The normalized spacial score (nSPS) is 10.8. The van der Waals surface area contributed by atoms with Crippen LogP contribution in [0.2, 0.25) is 0 Å². The average Bonchev–Trinajstić information content (AvgIpc) is 2.60. The Balaban J connectivity index is 2.34. The second-order valence-electron chi connectivity index (χ2n) is 5.03. The summed E-state index contributed by atoms with van der Waals surface area (Å²) in [6, 6.07) is 9.16. The first-order valence-corrected chi connectivity index (χ1v) is 7.63. The summed E-state index contributed by atoms with van der Waals surface area (Å²) in [7, 11) is 0. The molecule has 6 nitrogen and oxygen atoms in total. The third kappa shape index (κ3) is 4.25. The predicted octanol–water partition coefficient (Wildman–Crippen LogP) is 3.90. The summed E-state index contributed by atoms with van der Waals surface area (Å²) in [4.78, 5) is 26.3. The standard InChI is InChI=1S/C18H18N2O4/c1-3-13-5-7-14(8-6-13)9-10-17-16(18(21)24-4-2)11-15(12-19-17)20(22)23/h5-12H,3-4H2,1-2H3/b10-9+. The number of aryl methyl sites for hydroxylation is 1. The molecule has 1 heterocycles. The molecule has 124 valence electrons. The van der Waals surface area contributed by atoms with E-state index in [0.29, 0.717) is 5.69 Å². The minimum atomic E-state index is -0.630. The molecule has 0 fully saturated rings. The van der Waals surface area contributed by atoms with Crippen molar-refractivity contribution in [2.45, 2.75) is 20.3 Å². The quantitative estimate of drug-likeness (QED) is 0.457. The van der Waals surface area contributed by atoms with Crippen molar-refractivity contribution in [3.8, 4) is 0 Å².